The van der Waals surface area contributed by atoms with Crippen molar-refractivity contribution < 1.29 is 29.0 Å². The van der Waals surface area contributed by atoms with Crippen LogP contribution >= 0.6 is 0 Å². The van der Waals surface area contributed by atoms with E-state index in [2.05, 4.69) is 0 Å². The first kappa shape index (κ1) is 21.8. The van der Waals surface area contributed by atoms with E-state index >= 15 is 0 Å². The van der Waals surface area contributed by atoms with E-state index in [4.69, 9.17) is 4.42 Å². The summed E-state index contributed by atoms with van der Waals surface area (Å²) in [6.45, 7) is 0. The van der Waals surface area contributed by atoms with E-state index in [0.29, 0.717) is 16.5 Å². The van der Waals surface area contributed by atoms with Crippen LogP contribution in [0.15, 0.2) is 94.1 Å². The molecule has 1 heterocycles. The van der Waals surface area contributed by atoms with Gasteiger partial charge in [-0.1, -0.05) is 42.5 Å². The van der Waals surface area contributed by atoms with Crippen molar-refractivity contribution in [3.8, 4) is 28.2 Å². The highest BCUT2D eigenvalue weighted by molar-refractivity contribution is 6.49. The molecule has 3 aromatic rings. The van der Waals surface area contributed by atoms with Crippen molar-refractivity contribution in [2.24, 2.45) is 0 Å². The van der Waals surface area contributed by atoms with Crippen LogP contribution in [0.3, 0.4) is 0 Å². The van der Waals surface area contributed by atoms with Crippen LogP contribution in [0, 0.1) is 0 Å². The molecule has 7 heteroatoms. The summed E-state index contributed by atoms with van der Waals surface area (Å²) in [5.74, 6) is -2.74. The molecule has 3 aromatic carbocycles. The van der Waals surface area contributed by atoms with Gasteiger partial charge in [-0.25, -0.2) is 4.79 Å². The molecule has 2 aliphatic rings. The number of carboxylic acid groups (broad SMARTS) is 1. The number of phenolic OH excluding ortho intramolecular Hbond substituents is 1. The van der Waals surface area contributed by atoms with Gasteiger partial charge in [-0.2, -0.15) is 0 Å². The van der Waals surface area contributed by atoms with Crippen LogP contribution in [0.4, 0.5) is 0 Å². The molecule has 1 aliphatic heterocycles. The first-order valence-corrected chi connectivity index (χ1v) is 10.5. The molecule has 0 bridgehead atoms. The van der Waals surface area contributed by atoms with E-state index in [0.717, 1.165) is 0 Å². The topological polar surface area (TPSA) is 122 Å². The Hall–Kier alpha value is -5.04. The fourth-order valence-electron chi connectivity index (χ4n) is 4.08. The number of rotatable bonds is 5. The highest BCUT2D eigenvalue weighted by Crippen LogP contribution is 2.42. The van der Waals surface area contributed by atoms with Crippen LogP contribution in [-0.2, 0) is 0 Å². The van der Waals surface area contributed by atoms with Crippen molar-refractivity contribution in [2.45, 2.75) is 0 Å². The largest absolute Gasteiger partial charge is 0.508 e. The maximum atomic E-state index is 12.8. The van der Waals surface area contributed by atoms with E-state index in [1.54, 1.807) is 24.3 Å². The van der Waals surface area contributed by atoms with Gasteiger partial charge in [0.05, 0.1) is 5.56 Å². The van der Waals surface area contributed by atoms with Crippen LogP contribution in [0.2, 0.25) is 0 Å². The molecule has 170 valence electrons. The lowest BCUT2D eigenvalue weighted by atomic mass is 9.89. The Morgan fingerprint density at radius 1 is 0.714 bits per heavy atom. The number of hydrogen-bond donors (Lipinski definition) is 2. The summed E-state index contributed by atoms with van der Waals surface area (Å²) in [4.78, 5) is 49.7. The molecule has 0 saturated carbocycles. The number of aromatic carboxylic acids is 1. The highest BCUT2D eigenvalue weighted by atomic mass is 16.4. The van der Waals surface area contributed by atoms with Gasteiger partial charge >= 0.3 is 5.97 Å². The summed E-state index contributed by atoms with van der Waals surface area (Å²) >= 11 is 0. The molecule has 1 aliphatic carbocycles. The minimum Gasteiger partial charge on any atom is -0.508 e. The van der Waals surface area contributed by atoms with Crippen molar-refractivity contribution >= 4 is 28.5 Å². The Labute approximate surface area is 197 Å². The van der Waals surface area contributed by atoms with Crippen LogP contribution in [0.1, 0.15) is 31.1 Å². The minimum absolute atomic E-state index is 0.0614. The van der Waals surface area contributed by atoms with Crippen LogP contribution in [0.5, 0.6) is 5.75 Å². The SMILES string of the molecule is O=C(C(=O)c1ccc(-c2c3ccc(=O)cc-3oc3cc(O)ccc23)c(C(=O)O)c1)c1ccccc1. The predicted octanol–water partition coefficient (Wildman–Crippen LogP) is 5.03. The fraction of sp³-hybridized carbons (Fsp3) is 0. The van der Waals surface area contributed by atoms with Crippen LogP contribution in [0.25, 0.3) is 33.4 Å². The Morgan fingerprint density at radius 2 is 1.43 bits per heavy atom. The van der Waals surface area contributed by atoms with Gasteiger partial charge in [0.15, 0.2) is 5.43 Å². The van der Waals surface area contributed by atoms with Crippen LogP contribution in [-0.4, -0.2) is 27.7 Å². The van der Waals surface area contributed by atoms with Crippen molar-refractivity contribution in [3.63, 3.8) is 0 Å². The van der Waals surface area contributed by atoms with Gasteiger partial charge in [0.25, 0.3) is 0 Å². The zero-order valence-corrected chi connectivity index (χ0v) is 18.0. The molecule has 7 nitrogen and oxygen atoms in total. The molecular weight excluding hydrogens is 448 g/mol. The number of carbonyl (C=O) groups is 3. The van der Waals surface area contributed by atoms with Gasteiger partial charge < -0.3 is 14.6 Å². The first-order chi connectivity index (χ1) is 16.8. The molecule has 5 rings (SSSR count). The number of ketones is 2. The van der Waals surface area contributed by atoms with E-state index in [9.17, 15) is 29.4 Å². The molecule has 35 heavy (non-hydrogen) atoms. The lowest BCUT2D eigenvalue weighted by Crippen LogP contribution is -2.15. The average Bonchev–Trinajstić information content (AvgIpc) is 2.86. The Morgan fingerprint density at radius 3 is 2.17 bits per heavy atom. The smallest absolute Gasteiger partial charge is 0.336 e. The third-order valence-corrected chi connectivity index (χ3v) is 5.70. The molecule has 0 saturated heterocycles. The highest BCUT2D eigenvalue weighted by Gasteiger charge is 2.25. The molecule has 0 spiro atoms. The predicted molar refractivity (Wildman–Crippen MR) is 128 cm³/mol. The zero-order valence-electron chi connectivity index (χ0n) is 18.0. The van der Waals surface area contributed by atoms with E-state index in [-0.39, 0.29) is 44.8 Å². The second-order valence-corrected chi connectivity index (χ2v) is 7.91. The van der Waals surface area contributed by atoms with Gasteiger partial charge in [0, 0.05) is 39.8 Å². The normalized spacial score (nSPS) is 11.0. The Bertz CT molecular complexity index is 1680. The molecule has 0 amide bonds. The third-order valence-electron chi connectivity index (χ3n) is 5.70. The maximum Gasteiger partial charge on any atom is 0.336 e. The molecule has 0 unspecified atom stereocenters. The van der Waals surface area contributed by atoms with Crippen molar-refractivity contribution in [1.82, 2.24) is 0 Å². The van der Waals surface area contributed by atoms with E-state index in [1.165, 1.54) is 60.7 Å². The van der Waals surface area contributed by atoms with Gasteiger partial charge in [-0.3, -0.25) is 14.4 Å². The second-order valence-electron chi connectivity index (χ2n) is 7.91. The lowest BCUT2D eigenvalue weighted by molar-refractivity contribution is 0.0697. The number of benzene rings is 4. The number of Topliss-reactive ketones (excluding diaryl/α,β-unsaturated/α-hetero) is 2. The zero-order chi connectivity index (χ0) is 24.7. The quantitative estimate of drug-likeness (QED) is 0.212. The molecular formula is C28H16O7. The summed E-state index contributed by atoms with van der Waals surface area (Å²) < 4.78 is 5.81. The summed E-state index contributed by atoms with van der Waals surface area (Å²) in [6.07, 6.45) is 0. The van der Waals surface area contributed by atoms with Gasteiger partial charge in [-0.15, -0.1) is 0 Å². The number of aromatic hydroxyl groups is 1. The first-order valence-electron chi connectivity index (χ1n) is 10.5. The number of fused-ring (bicyclic) bond motifs is 2. The number of hydrogen-bond acceptors (Lipinski definition) is 6. The molecule has 0 fully saturated rings. The summed E-state index contributed by atoms with van der Waals surface area (Å²) in [5.41, 5.74) is 1.07. The summed E-state index contributed by atoms with van der Waals surface area (Å²) in [7, 11) is 0. The third kappa shape index (κ3) is 3.85. The Kier molecular flexibility index (Phi) is 5.22. The van der Waals surface area contributed by atoms with Gasteiger partial charge in [0.2, 0.25) is 11.6 Å². The van der Waals surface area contributed by atoms with Crippen LogP contribution < -0.4 is 5.43 Å². The fourth-order valence-corrected chi connectivity index (χ4v) is 4.08. The Balaban J connectivity index is 1.74. The lowest BCUT2D eigenvalue weighted by Gasteiger charge is -2.17. The van der Waals surface area contributed by atoms with Crippen molar-refractivity contribution in [3.05, 3.63) is 112 Å². The van der Waals surface area contributed by atoms with Crippen molar-refractivity contribution in [1.29, 1.82) is 0 Å². The number of carbonyl (C=O) groups excluding carboxylic acids is 2. The molecule has 0 atom stereocenters. The summed E-state index contributed by atoms with van der Waals surface area (Å²) in [5, 5.41) is 20.4. The standard InChI is InChI=1S/C28H16O7/c29-17-7-10-20-23(13-17)35-24-14-18(30)8-11-21(24)25(20)19-9-6-16(12-22(19)28(33)34)27(32)26(31)15-4-2-1-3-5-15/h1-14,29H,(H,33,34). The second kappa shape index (κ2) is 8.39. The molecule has 2 N–H and O–H groups in total. The number of phenols is 1. The maximum absolute atomic E-state index is 12.8. The monoisotopic (exact) mass is 464 g/mol. The van der Waals surface area contributed by atoms with E-state index < -0.39 is 17.5 Å². The van der Waals surface area contributed by atoms with E-state index in [1.807, 2.05) is 0 Å². The average molecular weight is 464 g/mol. The minimum atomic E-state index is -1.30. The van der Waals surface area contributed by atoms with Gasteiger partial charge in [0.1, 0.15) is 17.1 Å². The van der Waals surface area contributed by atoms with Gasteiger partial charge in [-0.05, 0) is 35.9 Å². The summed E-state index contributed by atoms with van der Waals surface area (Å²) in [6, 6.07) is 20.6. The molecule has 0 aromatic heterocycles. The van der Waals surface area contributed by atoms with Crippen molar-refractivity contribution in [2.75, 3.05) is 0 Å². The molecule has 0 radical (unpaired) electrons. The number of carboxylic acids is 1.